The summed E-state index contributed by atoms with van der Waals surface area (Å²) >= 11 is 8.83. The van der Waals surface area contributed by atoms with E-state index in [2.05, 4.69) is 6.92 Å². The van der Waals surface area contributed by atoms with Gasteiger partial charge in [0.2, 0.25) is 5.91 Å². The molecule has 2 atom stereocenters. The largest absolute Gasteiger partial charge is 0.369 e. The summed E-state index contributed by atoms with van der Waals surface area (Å²) in [4.78, 5) is 32.0. The Balaban J connectivity index is 1.97. The lowest BCUT2D eigenvalue weighted by atomic mass is 9.89. The molecular weight excluding hydrogens is 414 g/mol. The highest BCUT2D eigenvalue weighted by Gasteiger charge is 2.26. The first-order valence-corrected chi connectivity index (χ1v) is 11.2. The highest BCUT2D eigenvalue weighted by molar-refractivity contribution is 8.00. The minimum absolute atomic E-state index is 0.0986. The fourth-order valence-corrected chi connectivity index (χ4v) is 5.91. The van der Waals surface area contributed by atoms with Crippen LogP contribution in [0.2, 0.25) is 5.02 Å². The van der Waals surface area contributed by atoms with E-state index < -0.39 is 11.2 Å². The summed E-state index contributed by atoms with van der Waals surface area (Å²) in [6.45, 7) is 3.96. The molecule has 0 saturated heterocycles. The number of aromatic nitrogens is 2. The third kappa shape index (κ3) is 3.47. The number of halogens is 1. The average Bonchev–Trinajstić information content (AvgIpc) is 3.00. The van der Waals surface area contributed by atoms with Gasteiger partial charge in [0.1, 0.15) is 4.83 Å². The highest BCUT2D eigenvalue weighted by atomic mass is 35.5. The summed E-state index contributed by atoms with van der Waals surface area (Å²) in [5, 5.41) is 1.26. The van der Waals surface area contributed by atoms with Gasteiger partial charge >= 0.3 is 0 Å². The number of fused-ring (bicyclic) bond motifs is 3. The topological polar surface area (TPSA) is 78.0 Å². The van der Waals surface area contributed by atoms with E-state index >= 15 is 0 Å². The average molecular weight is 434 g/mol. The Morgan fingerprint density at radius 3 is 2.79 bits per heavy atom. The summed E-state index contributed by atoms with van der Waals surface area (Å²) < 4.78 is 1.58. The Bertz CT molecular complexity index is 1120. The number of rotatable bonds is 4. The van der Waals surface area contributed by atoms with Crippen molar-refractivity contribution in [2.75, 3.05) is 0 Å². The number of nitrogens with zero attached hydrogens (tertiary/aromatic N) is 2. The fraction of sp³-hybridized carbons (Fsp3) is 0.350. The number of aryl methyl sites for hydroxylation is 1. The first-order valence-electron chi connectivity index (χ1n) is 9.14. The molecule has 1 aliphatic carbocycles. The highest BCUT2D eigenvalue weighted by Crippen LogP contribution is 2.37. The Morgan fingerprint density at radius 1 is 1.39 bits per heavy atom. The Hall–Kier alpha value is -1.83. The quantitative estimate of drug-likeness (QED) is 0.494. The molecule has 1 aliphatic rings. The SMILES string of the molecule is CC1CCc2c(sc3nc(SC(C)C(N)=O)n(-c4ccc(Cl)cc4)c(=O)c23)C1. The van der Waals surface area contributed by atoms with E-state index in [1.807, 2.05) is 0 Å². The van der Waals surface area contributed by atoms with Crippen LogP contribution in [0, 0.1) is 5.92 Å². The Morgan fingerprint density at radius 2 is 2.11 bits per heavy atom. The van der Waals surface area contributed by atoms with E-state index in [1.54, 1.807) is 47.1 Å². The van der Waals surface area contributed by atoms with E-state index in [0.29, 0.717) is 27.2 Å². The first-order chi connectivity index (χ1) is 13.3. The van der Waals surface area contributed by atoms with Crippen LogP contribution < -0.4 is 11.3 Å². The number of hydrogen-bond acceptors (Lipinski definition) is 5. The van der Waals surface area contributed by atoms with Crippen molar-refractivity contribution in [2.45, 2.75) is 43.5 Å². The third-order valence-corrected chi connectivity index (χ3v) is 7.54. The number of thiophene rings is 1. The summed E-state index contributed by atoms with van der Waals surface area (Å²) in [5.74, 6) is 0.170. The number of benzene rings is 1. The molecule has 146 valence electrons. The van der Waals surface area contributed by atoms with Crippen LogP contribution >= 0.6 is 34.7 Å². The number of thioether (sulfide) groups is 1. The van der Waals surface area contributed by atoms with Gasteiger partial charge in [-0.15, -0.1) is 11.3 Å². The zero-order valence-corrected chi connectivity index (χ0v) is 18.0. The van der Waals surface area contributed by atoms with E-state index in [-0.39, 0.29) is 5.56 Å². The van der Waals surface area contributed by atoms with Gasteiger partial charge in [-0.3, -0.25) is 14.2 Å². The normalized spacial score (nSPS) is 17.5. The van der Waals surface area contributed by atoms with Crippen molar-refractivity contribution in [3.8, 4) is 5.69 Å². The molecule has 0 radical (unpaired) electrons. The lowest BCUT2D eigenvalue weighted by Gasteiger charge is -2.18. The number of amides is 1. The molecule has 0 fully saturated rings. The number of carbonyl (C=O) groups excluding carboxylic acids is 1. The molecule has 0 bridgehead atoms. The van der Waals surface area contributed by atoms with Gasteiger partial charge in [0.25, 0.3) is 5.56 Å². The van der Waals surface area contributed by atoms with Gasteiger partial charge in [0.15, 0.2) is 5.16 Å². The molecule has 4 rings (SSSR count). The molecule has 1 aromatic carbocycles. The second-order valence-electron chi connectivity index (χ2n) is 7.21. The van der Waals surface area contributed by atoms with E-state index in [9.17, 15) is 9.59 Å². The predicted octanol–water partition coefficient (Wildman–Crippen LogP) is 4.19. The summed E-state index contributed by atoms with van der Waals surface area (Å²) in [6.07, 6.45) is 2.96. The zero-order valence-electron chi connectivity index (χ0n) is 15.6. The smallest absolute Gasteiger partial charge is 0.267 e. The van der Waals surface area contributed by atoms with Crippen LogP contribution in [0.1, 0.15) is 30.7 Å². The van der Waals surface area contributed by atoms with Gasteiger partial charge in [-0.2, -0.15) is 0 Å². The second-order valence-corrected chi connectivity index (χ2v) is 10.0. The predicted molar refractivity (Wildman–Crippen MR) is 116 cm³/mol. The summed E-state index contributed by atoms with van der Waals surface area (Å²) in [6, 6.07) is 7.06. The zero-order chi connectivity index (χ0) is 20.0. The number of nitrogens with two attached hydrogens (primary N) is 1. The fourth-order valence-electron chi connectivity index (χ4n) is 3.48. The van der Waals surface area contributed by atoms with Gasteiger partial charge in [0.05, 0.1) is 16.3 Å². The molecule has 2 heterocycles. The van der Waals surface area contributed by atoms with Crippen LogP contribution in [-0.2, 0) is 17.6 Å². The standard InChI is InChI=1S/C20H20ClN3O2S2/c1-10-3-8-14-15(9-10)28-18-16(14)19(26)24(13-6-4-12(21)5-7-13)20(23-18)27-11(2)17(22)25/h4-7,10-11H,3,8-9H2,1-2H3,(H2,22,25). The molecule has 2 aromatic heterocycles. The van der Waals surface area contributed by atoms with Crippen LogP contribution in [0.15, 0.2) is 34.2 Å². The molecular formula is C20H20ClN3O2S2. The lowest BCUT2D eigenvalue weighted by Crippen LogP contribution is -2.26. The number of carbonyl (C=O) groups is 1. The molecule has 0 spiro atoms. The van der Waals surface area contributed by atoms with Crippen molar-refractivity contribution < 1.29 is 4.79 Å². The van der Waals surface area contributed by atoms with Gasteiger partial charge in [0, 0.05) is 9.90 Å². The monoisotopic (exact) mass is 433 g/mol. The van der Waals surface area contributed by atoms with Crippen molar-refractivity contribution in [1.82, 2.24) is 9.55 Å². The third-order valence-electron chi connectivity index (χ3n) is 5.07. The molecule has 5 nitrogen and oxygen atoms in total. The molecule has 2 N–H and O–H groups in total. The number of primary amides is 1. The van der Waals surface area contributed by atoms with Crippen molar-refractivity contribution >= 4 is 50.8 Å². The molecule has 0 aliphatic heterocycles. The van der Waals surface area contributed by atoms with Crippen LogP contribution in [-0.4, -0.2) is 20.7 Å². The molecule has 28 heavy (non-hydrogen) atoms. The molecule has 0 saturated carbocycles. The summed E-state index contributed by atoms with van der Waals surface area (Å²) in [7, 11) is 0. The lowest BCUT2D eigenvalue weighted by molar-refractivity contribution is -0.117. The van der Waals surface area contributed by atoms with Crippen LogP contribution in [0.4, 0.5) is 0 Å². The van der Waals surface area contributed by atoms with Crippen molar-refractivity contribution in [3.63, 3.8) is 0 Å². The van der Waals surface area contributed by atoms with Crippen molar-refractivity contribution in [1.29, 1.82) is 0 Å². The van der Waals surface area contributed by atoms with Crippen LogP contribution in [0.25, 0.3) is 15.9 Å². The first kappa shape index (κ1) is 19.5. The van der Waals surface area contributed by atoms with Gasteiger partial charge in [-0.1, -0.05) is 30.3 Å². The minimum atomic E-state index is -0.502. The maximum absolute atomic E-state index is 13.6. The Labute approximate surface area is 175 Å². The van der Waals surface area contributed by atoms with Crippen LogP contribution in [0.3, 0.4) is 0 Å². The van der Waals surface area contributed by atoms with Crippen molar-refractivity contribution in [2.24, 2.45) is 11.7 Å². The summed E-state index contributed by atoms with van der Waals surface area (Å²) in [5.41, 5.74) is 7.16. The van der Waals surface area contributed by atoms with Gasteiger partial charge < -0.3 is 5.73 Å². The van der Waals surface area contributed by atoms with Crippen molar-refractivity contribution in [3.05, 3.63) is 50.1 Å². The Kier molecular flexibility index (Phi) is 5.24. The van der Waals surface area contributed by atoms with Gasteiger partial charge in [-0.05, 0) is 61.9 Å². The maximum atomic E-state index is 13.6. The molecule has 1 amide bonds. The van der Waals surface area contributed by atoms with E-state index in [1.165, 1.54) is 16.6 Å². The molecule has 8 heteroatoms. The van der Waals surface area contributed by atoms with Crippen LogP contribution in [0.5, 0.6) is 0 Å². The van der Waals surface area contributed by atoms with Gasteiger partial charge in [-0.25, -0.2) is 4.98 Å². The van der Waals surface area contributed by atoms with E-state index in [4.69, 9.17) is 22.3 Å². The second kappa shape index (κ2) is 7.54. The van der Waals surface area contributed by atoms with E-state index in [0.717, 1.165) is 29.7 Å². The maximum Gasteiger partial charge on any atom is 0.267 e. The molecule has 3 aromatic rings. The number of hydrogen-bond donors (Lipinski definition) is 1. The molecule has 2 unspecified atom stereocenters. The minimum Gasteiger partial charge on any atom is -0.369 e.